The Labute approximate surface area is 89.0 Å². The number of nitrogens with zero attached hydrogens (tertiary/aromatic N) is 1. The van der Waals surface area contributed by atoms with E-state index in [4.69, 9.17) is 10.5 Å². The molecule has 1 heterocycles. The number of nitrogens with one attached hydrogen (secondary N) is 1. The summed E-state index contributed by atoms with van der Waals surface area (Å²) in [5, 5.41) is 0. The molecule has 0 aromatic carbocycles. The van der Waals surface area contributed by atoms with Gasteiger partial charge in [0.05, 0.1) is 13.4 Å². The Morgan fingerprint density at radius 3 is 2.93 bits per heavy atom. The molecule has 15 heavy (non-hydrogen) atoms. The molecule has 1 aromatic heterocycles. The minimum Gasteiger partial charge on any atom is -0.468 e. The number of nitrogens with two attached hydrogens (primary N) is 1. The van der Waals surface area contributed by atoms with Crippen molar-refractivity contribution in [3.63, 3.8) is 0 Å². The summed E-state index contributed by atoms with van der Waals surface area (Å²) in [6.07, 6.45) is 5.09. The molecule has 1 aromatic rings. The summed E-state index contributed by atoms with van der Waals surface area (Å²) in [6, 6.07) is 0. The van der Waals surface area contributed by atoms with Gasteiger partial charge in [-0.2, -0.15) is 0 Å². The Hall–Kier alpha value is -1.36. The molecule has 3 N–H and O–H groups in total. The molecule has 0 spiro atoms. The minimum absolute atomic E-state index is 0.376. The highest BCUT2D eigenvalue weighted by Crippen LogP contribution is 2.16. The number of methoxy groups -OCH3 is 1. The van der Waals surface area contributed by atoms with Crippen molar-refractivity contribution in [2.45, 2.75) is 31.7 Å². The molecule has 0 fully saturated rings. The molecule has 5 heteroatoms. The molecule has 0 amide bonds. The van der Waals surface area contributed by atoms with Gasteiger partial charge in [-0.3, -0.25) is 4.79 Å². The molecule has 0 saturated carbocycles. The Bertz CT molecular complexity index is 310. The van der Waals surface area contributed by atoms with Gasteiger partial charge in [0.1, 0.15) is 5.54 Å². The van der Waals surface area contributed by atoms with Crippen LogP contribution in [0.5, 0.6) is 0 Å². The maximum absolute atomic E-state index is 11.6. The van der Waals surface area contributed by atoms with Gasteiger partial charge in [0.15, 0.2) is 0 Å². The first-order valence-corrected chi connectivity index (χ1v) is 4.97. The predicted molar refractivity (Wildman–Crippen MR) is 56.1 cm³/mol. The van der Waals surface area contributed by atoms with E-state index >= 15 is 0 Å². The van der Waals surface area contributed by atoms with E-state index in [1.807, 2.05) is 6.92 Å². The largest absolute Gasteiger partial charge is 0.468 e. The average Bonchev–Trinajstić information content (AvgIpc) is 2.69. The summed E-state index contributed by atoms with van der Waals surface area (Å²) in [5.74, 6) is -0.376. The summed E-state index contributed by atoms with van der Waals surface area (Å²) >= 11 is 0. The normalized spacial score (nSPS) is 14.6. The van der Waals surface area contributed by atoms with Crippen molar-refractivity contribution in [2.24, 2.45) is 5.73 Å². The van der Waals surface area contributed by atoms with Crippen molar-refractivity contribution in [2.75, 3.05) is 7.11 Å². The van der Waals surface area contributed by atoms with E-state index in [1.54, 1.807) is 12.5 Å². The zero-order valence-electron chi connectivity index (χ0n) is 9.12. The summed E-state index contributed by atoms with van der Waals surface area (Å²) in [6.45, 7) is 1.98. The Morgan fingerprint density at radius 2 is 2.47 bits per heavy atom. The van der Waals surface area contributed by atoms with Gasteiger partial charge >= 0.3 is 5.97 Å². The SMILES string of the molecule is CCC[C@](N)(Cc1cnc[nH]1)C(=O)OC. The zero-order chi connectivity index (χ0) is 11.3. The van der Waals surface area contributed by atoms with Crippen LogP contribution >= 0.6 is 0 Å². The molecule has 84 valence electrons. The fourth-order valence-corrected chi connectivity index (χ4v) is 1.63. The Morgan fingerprint density at radius 1 is 1.73 bits per heavy atom. The van der Waals surface area contributed by atoms with Gasteiger partial charge in [0.25, 0.3) is 0 Å². The number of hydrogen-bond donors (Lipinski definition) is 2. The number of ether oxygens (including phenoxy) is 1. The van der Waals surface area contributed by atoms with E-state index in [0.717, 1.165) is 12.1 Å². The van der Waals surface area contributed by atoms with E-state index in [0.29, 0.717) is 12.8 Å². The summed E-state index contributed by atoms with van der Waals surface area (Å²) in [5.41, 5.74) is 5.93. The first-order chi connectivity index (χ1) is 7.12. The second-order valence-corrected chi connectivity index (χ2v) is 3.65. The van der Waals surface area contributed by atoms with E-state index in [2.05, 4.69) is 9.97 Å². The summed E-state index contributed by atoms with van der Waals surface area (Å²) in [7, 11) is 1.35. The number of H-pyrrole nitrogens is 1. The smallest absolute Gasteiger partial charge is 0.326 e. The molecular weight excluding hydrogens is 194 g/mol. The molecule has 0 aliphatic heterocycles. The first kappa shape index (κ1) is 11.7. The lowest BCUT2D eigenvalue weighted by molar-refractivity contribution is -0.147. The minimum atomic E-state index is -0.948. The molecule has 1 atom stereocenters. The molecule has 0 aliphatic carbocycles. The van der Waals surface area contributed by atoms with Crippen LogP contribution in [0.15, 0.2) is 12.5 Å². The third-order valence-electron chi connectivity index (χ3n) is 2.35. The van der Waals surface area contributed by atoms with Crippen LogP contribution in [0.4, 0.5) is 0 Å². The van der Waals surface area contributed by atoms with Crippen molar-refractivity contribution in [1.82, 2.24) is 9.97 Å². The standard InChI is InChI=1S/C10H17N3O2/c1-3-4-10(11,9(14)15-2)5-8-6-12-7-13-8/h6-7H,3-5,11H2,1-2H3,(H,12,13)/t10-/m0/s1. The highest BCUT2D eigenvalue weighted by molar-refractivity contribution is 5.80. The molecule has 0 saturated heterocycles. The molecule has 5 nitrogen and oxygen atoms in total. The van der Waals surface area contributed by atoms with Crippen molar-refractivity contribution >= 4 is 5.97 Å². The van der Waals surface area contributed by atoms with Crippen LogP contribution in [-0.2, 0) is 16.0 Å². The monoisotopic (exact) mass is 211 g/mol. The molecule has 0 radical (unpaired) electrons. The van der Waals surface area contributed by atoms with Crippen LogP contribution in [0.1, 0.15) is 25.5 Å². The fourth-order valence-electron chi connectivity index (χ4n) is 1.63. The van der Waals surface area contributed by atoms with Gasteiger partial charge in [0.2, 0.25) is 0 Å². The van der Waals surface area contributed by atoms with Crippen LogP contribution in [0.2, 0.25) is 0 Å². The number of carbonyl (C=O) groups excluding carboxylic acids is 1. The van der Waals surface area contributed by atoms with E-state index in [9.17, 15) is 4.79 Å². The highest BCUT2D eigenvalue weighted by atomic mass is 16.5. The zero-order valence-corrected chi connectivity index (χ0v) is 9.12. The van der Waals surface area contributed by atoms with Gasteiger partial charge in [-0.15, -0.1) is 0 Å². The van der Waals surface area contributed by atoms with Crippen LogP contribution in [0, 0.1) is 0 Å². The van der Waals surface area contributed by atoms with Gasteiger partial charge in [-0.25, -0.2) is 4.98 Å². The average molecular weight is 211 g/mol. The third kappa shape index (κ3) is 2.79. The van der Waals surface area contributed by atoms with Crippen molar-refractivity contribution in [1.29, 1.82) is 0 Å². The second kappa shape index (κ2) is 4.93. The lowest BCUT2D eigenvalue weighted by Gasteiger charge is -2.25. The number of aromatic amines is 1. The summed E-state index contributed by atoms with van der Waals surface area (Å²) < 4.78 is 4.72. The van der Waals surface area contributed by atoms with Gasteiger partial charge in [-0.1, -0.05) is 13.3 Å². The van der Waals surface area contributed by atoms with E-state index in [-0.39, 0.29) is 5.97 Å². The maximum atomic E-state index is 11.6. The highest BCUT2D eigenvalue weighted by Gasteiger charge is 2.34. The van der Waals surface area contributed by atoms with E-state index in [1.165, 1.54) is 7.11 Å². The number of esters is 1. The van der Waals surface area contributed by atoms with Crippen LogP contribution in [0.25, 0.3) is 0 Å². The van der Waals surface area contributed by atoms with Crippen LogP contribution in [0.3, 0.4) is 0 Å². The van der Waals surface area contributed by atoms with Gasteiger partial charge < -0.3 is 15.5 Å². The number of aromatic nitrogens is 2. The van der Waals surface area contributed by atoms with Crippen molar-refractivity contribution in [3.05, 3.63) is 18.2 Å². The molecule has 1 rings (SSSR count). The predicted octanol–water partition coefficient (Wildman–Crippen LogP) is 0.623. The van der Waals surface area contributed by atoms with E-state index < -0.39 is 5.54 Å². The van der Waals surface area contributed by atoms with Gasteiger partial charge in [-0.05, 0) is 6.42 Å². The number of carbonyl (C=O) groups is 1. The Kier molecular flexibility index (Phi) is 3.85. The summed E-state index contributed by atoms with van der Waals surface area (Å²) in [4.78, 5) is 18.4. The number of hydrogen-bond acceptors (Lipinski definition) is 4. The lowest BCUT2D eigenvalue weighted by atomic mass is 9.90. The second-order valence-electron chi connectivity index (χ2n) is 3.65. The maximum Gasteiger partial charge on any atom is 0.326 e. The first-order valence-electron chi connectivity index (χ1n) is 4.97. The van der Waals surface area contributed by atoms with Crippen LogP contribution < -0.4 is 5.73 Å². The quantitative estimate of drug-likeness (QED) is 0.700. The number of rotatable bonds is 5. The Balaban J connectivity index is 2.77. The van der Waals surface area contributed by atoms with Gasteiger partial charge in [0, 0.05) is 18.3 Å². The lowest BCUT2D eigenvalue weighted by Crippen LogP contribution is -2.50. The number of imidazole rings is 1. The molecular formula is C10H17N3O2. The fraction of sp³-hybridized carbons (Fsp3) is 0.600. The van der Waals surface area contributed by atoms with Crippen LogP contribution in [-0.4, -0.2) is 28.6 Å². The van der Waals surface area contributed by atoms with Crippen molar-refractivity contribution < 1.29 is 9.53 Å². The van der Waals surface area contributed by atoms with Crippen molar-refractivity contribution in [3.8, 4) is 0 Å². The molecule has 0 unspecified atom stereocenters. The topological polar surface area (TPSA) is 81.0 Å². The molecule has 0 aliphatic rings. The molecule has 0 bridgehead atoms. The third-order valence-corrected chi connectivity index (χ3v) is 2.35.